The van der Waals surface area contributed by atoms with Crippen molar-refractivity contribution in [3.8, 4) is 33.6 Å². The maximum atomic E-state index is 13.3. The number of hydrogen-bond donors (Lipinski definition) is 5. The van der Waals surface area contributed by atoms with Gasteiger partial charge in [-0.3, -0.25) is 9.59 Å². The minimum Gasteiger partial charge on any atom is -0.465 e. The summed E-state index contributed by atoms with van der Waals surface area (Å²) in [7, 11) is 0. The molecule has 2 fully saturated rings. The highest BCUT2D eigenvalue weighted by atomic mass is 16.4. The average molecular weight is 681 g/mol. The summed E-state index contributed by atoms with van der Waals surface area (Å²) in [6.45, 7) is 9.55. The summed E-state index contributed by atoms with van der Waals surface area (Å²) in [6.07, 6.45) is 6.89. The van der Waals surface area contributed by atoms with E-state index in [2.05, 4.69) is 92.9 Å². The van der Waals surface area contributed by atoms with E-state index < -0.39 is 12.1 Å². The Balaban J connectivity index is 1.09. The Bertz CT molecular complexity index is 1780. The molecular weight excluding hydrogens is 632 g/mol. The van der Waals surface area contributed by atoms with Crippen molar-refractivity contribution in [2.45, 2.75) is 84.0 Å². The number of nitrogens with one attached hydrogen (secondary N) is 4. The van der Waals surface area contributed by atoms with E-state index in [4.69, 9.17) is 0 Å². The quantitative estimate of drug-likeness (QED) is 0.120. The molecule has 264 valence electrons. The number of amides is 3. The second-order valence-electron chi connectivity index (χ2n) is 13.8. The molecule has 0 saturated carbocycles. The fourth-order valence-electron chi connectivity index (χ4n) is 6.99. The zero-order valence-corrected chi connectivity index (χ0v) is 29.3. The lowest BCUT2D eigenvalue weighted by atomic mass is 10.0. The summed E-state index contributed by atoms with van der Waals surface area (Å²) in [5, 5.41) is 15.0. The third-order valence-electron chi connectivity index (χ3n) is 10.1. The largest absolute Gasteiger partial charge is 0.465 e. The molecule has 0 bridgehead atoms. The van der Waals surface area contributed by atoms with Crippen LogP contribution in [0.4, 0.5) is 4.79 Å². The van der Waals surface area contributed by atoms with Crippen LogP contribution in [0.1, 0.15) is 83.5 Å². The van der Waals surface area contributed by atoms with E-state index in [1.807, 2.05) is 24.9 Å². The fourth-order valence-corrected chi connectivity index (χ4v) is 6.99. The van der Waals surface area contributed by atoms with E-state index in [1.54, 1.807) is 11.1 Å². The molecule has 2 aromatic heterocycles. The summed E-state index contributed by atoms with van der Waals surface area (Å²) in [6, 6.07) is 15.9. The number of imidazole rings is 2. The van der Waals surface area contributed by atoms with Crippen molar-refractivity contribution in [1.29, 1.82) is 0 Å². The van der Waals surface area contributed by atoms with E-state index in [-0.39, 0.29) is 29.8 Å². The molecule has 2 aromatic carbocycles. The molecule has 12 heteroatoms. The number of aromatic nitrogens is 4. The number of likely N-dealkylation sites (tertiary alicyclic amines) is 2. The number of nitrogens with zero attached hydrogens (tertiary/aromatic N) is 4. The molecule has 1 unspecified atom stereocenters. The van der Waals surface area contributed by atoms with E-state index in [9.17, 15) is 19.5 Å². The van der Waals surface area contributed by atoms with Crippen LogP contribution >= 0.6 is 0 Å². The van der Waals surface area contributed by atoms with Gasteiger partial charge >= 0.3 is 6.09 Å². The number of carbonyl (C=O) groups is 3. The molecule has 4 aromatic rings. The van der Waals surface area contributed by atoms with E-state index in [0.29, 0.717) is 25.0 Å². The molecule has 2 aliphatic rings. The minimum absolute atomic E-state index is 0.0309. The molecule has 50 heavy (non-hydrogen) atoms. The molecule has 2 saturated heterocycles. The van der Waals surface area contributed by atoms with Crippen molar-refractivity contribution >= 4 is 17.9 Å². The summed E-state index contributed by atoms with van der Waals surface area (Å²) in [5.41, 5.74) is 5.95. The van der Waals surface area contributed by atoms with Gasteiger partial charge in [-0.15, -0.1) is 0 Å². The van der Waals surface area contributed by atoms with Crippen LogP contribution in [0, 0.1) is 5.92 Å². The second-order valence-corrected chi connectivity index (χ2v) is 13.8. The highest BCUT2D eigenvalue weighted by Gasteiger charge is 2.37. The predicted molar refractivity (Wildman–Crippen MR) is 192 cm³/mol. The Labute approximate surface area is 293 Å². The maximum Gasteiger partial charge on any atom is 0.405 e. The highest BCUT2D eigenvalue weighted by molar-refractivity contribution is 5.86. The van der Waals surface area contributed by atoms with E-state index in [0.717, 1.165) is 78.1 Å². The number of carbonyl (C=O) groups excluding carboxylic acids is 2. The lowest BCUT2D eigenvalue weighted by Gasteiger charge is -2.29. The van der Waals surface area contributed by atoms with Gasteiger partial charge in [0.15, 0.2) is 0 Å². The standard InChI is InChI=1S/C38H48N8O4/c1-5-24(4)39-22-33(47)45-18-6-8-31(45)35-40-20-29(42-35)27-14-10-25(11-15-27)26-12-16-28(17-13-26)30-21-41-36(43-30)32-9-7-19-46(32)37(48)34(23(2)3)44-38(49)50/h10-17,20-21,23-24,31-32,34,39,44H,5-9,18-19,22H2,1-4H3,(H,40,42)(H,41,43)(H,49,50)/t24?,31-,32-,34-/m0/s1. The smallest absolute Gasteiger partial charge is 0.405 e. The Kier molecular flexibility index (Phi) is 10.7. The summed E-state index contributed by atoms with van der Waals surface area (Å²) >= 11 is 0. The predicted octanol–water partition coefficient (Wildman–Crippen LogP) is 6.14. The molecule has 4 atom stereocenters. The van der Waals surface area contributed by atoms with Gasteiger partial charge in [-0.25, -0.2) is 14.8 Å². The van der Waals surface area contributed by atoms with E-state index in [1.165, 1.54) is 0 Å². The minimum atomic E-state index is -1.20. The summed E-state index contributed by atoms with van der Waals surface area (Å²) in [4.78, 5) is 57.5. The average Bonchev–Trinajstić information content (AvgIpc) is 3.95. The highest BCUT2D eigenvalue weighted by Crippen LogP contribution is 2.34. The molecule has 4 heterocycles. The van der Waals surface area contributed by atoms with Gasteiger partial charge in [-0.05, 0) is 67.2 Å². The first-order valence-electron chi connectivity index (χ1n) is 17.8. The van der Waals surface area contributed by atoms with Crippen molar-refractivity contribution < 1.29 is 19.5 Å². The first-order valence-corrected chi connectivity index (χ1v) is 17.8. The van der Waals surface area contributed by atoms with Gasteiger partial charge in [0.25, 0.3) is 0 Å². The zero-order valence-electron chi connectivity index (χ0n) is 29.3. The van der Waals surface area contributed by atoms with Crippen LogP contribution in [-0.2, 0) is 9.59 Å². The van der Waals surface area contributed by atoms with Gasteiger partial charge in [0.1, 0.15) is 17.7 Å². The van der Waals surface area contributed by atoms with Crippen molar-refractivity contribution in [1.82, 2.24) is 40.4 Å². The number of H-pyrrole nitrogens is 2. The van der Waals surface area contributed by atoms with Crippen molar-refractivity contribution in [2.24, 2.45) is 5.92 Å². The summed E-state index contributed by atoms with van der Waals surface area (Å²) < 4.78 is 0. The number of hydrogen-bond acceptors (Lipinski definition) is 6. The van der Waals surface area contributed by atoms with Gasteiger partial charge in [0.2, 0.25) is 11.8 Å². The second kappa shape index (κ2) is 15.3. The first-order chi connectivity index (χ1) is 24.1. The van der Waals surface area contributed by atoms with Crippen LogP contribution in [0.15, 0.2) is 60.9 Å². The Morgan fingerprint density at radius 3 is 1.76 bits per heavy atom. The number of benzene rings is 2. The lowest BCUT2D eigenvalue weighted by Crippen LogP contribution is -2.50. The Morgan fingerprint density at radius 1 is 0.800 bits per heavy atom. The van der Waals surface area contributed by atoms with Crippen LogP contribution in [0.25, 0.3) is 33.6 Å². The van der Waals surface area contributed by atoms with Crippen LogP contribution in [0.3, 0.4) is 0 Å². The van der Waals surface area contributed by atoms with Gasteiger partial charge in [-0.1, -0.05) is 69.3 Å². The van der Waals surface area contributed by atoms with Gasteiger partial charge < -0.3 is 35.5 Å². The summed E-state index contributed by atoms with van der Waals surface area (Å²) in [5.74, 6) is 1.26. The fraction of sp³-hybridized carbons (Fsp3) is 0.447. The zero-order chi connectivity index (χ0) is 35.4. The molecule has 0 aliphatic carbocycles. The molecule has 2 aliphatic heterocycles. The number of carboxylic acid groups (broad SMARTS) is 1. The molecular formula is C38H48N8O4. The number of aromatic amines is 2. The van der Waals surface area contributed by atoms with E-state index >= 15 is 0 Å². The maximum absolute atomic E-state index is 13.3. The van der Waals surface area contributed by atoms with Gasteiger partial charge in [-0.2, -0.15) is 0 Å². The lowest BCUT2D eigenvalue weighted by molar-refractivity contribution is -0.135. The van der Waals surface area contributed by atoms with Gasteiger partial charge in [0.05, 0.1) is 42.4 Å². The molecule has 0 spiro atoms. The van der Waals surface area contributed by atoms with Crippen molar-refractivity contribution in [2.75, 3.05) is 19.6 Å². The molecule has 12 nitrogen and oxygen atoms in total. The topological polar surface area (TPSA) is 159 Å². The van der Waals surface area contributed by atoms with Crippen LogP contribution in [0.5, 0.6) is 0 Å². The molecule has 6 rings (SSSR count). The van der Waals surface area contributed by atoms with Crippen LogP contribution < -0.4 is 10.6 Å². The Morgan fingerprint density at radius 2 is 1.28 bits per heavy atom. The normalized spacial score (nSPS) is 18.8. The van der Waals surface area contributed by atoms with Gasteiger partial charge in [0, 0.05) is 19.1 Å². The first kappa shape index (κ1) is 34.9. The van der Waals surface area contributed by atoms with Crippen molar-refractivity contribution in [3.05, 3.63) is 72.6 Å². The molecule has 5 N–H and O–H groups in total. The third-order valence-corrected chi connectivity index (χ3v) is 10.1. The van der Waals surface area contributed by atoms with Crippen molar-refractivity contribution in [3.63, 3.8) is 0 Å². The van der Waals surface area contributed by atoms with Crippen LogP contribution in [-0.4, -0.2) is 84.5 Å². The Hall–Kier alpha value is -4.97. The molecule has 3 amide bonds. The third kappa shape index (κ3) is 7.60. The molecule has 0 radical (unpaired) electrons. The van der Waals surface area contributed by atoms with Crippen LogP contribution in [0.2, 0.25) is 0 Å². The monoisotopic (exact) mass is 680 g/mol. The SMILES string of the molecule is CCC(C)NCC(=O)N1CCC[C@H]1c1ncc(-c2ccc(-c3ccc(-c4cnc([C@@H]5CCCN5C(=O)[C@@H](NC(=O)O)C(C)C)[nH]4)cc3)cc2)[nH]1. The number of rotatable bonds is 12.